The Hall–Kier alpha value is -1.58. The number of benzene rings is 1. The van der Waals surface area contributed by atoms with Crippen LogP contribution in [0.2, 0.25) is 0 Å². The number of aldehydes is 1. The Morgan fingerprint density at radius 1 is 1.29 bits per heavy atom. The standard InChI is InChI=1S/C10H11FO3/c1-13-9-3-7(5-11)8(6-12)4-10(9)14-2/h3-4,6H,5H2,1-2H3. The molecule has 0 N–H and O–H groups in total. The number of hydrogen-bond donors (Lipinski definition) is 0. The molecule has 4 heteroatoms. The van der Waals surface area contributed by atoms with Gasteiger partial charge in [-0.1, -0.05) is 0 Å². The highest BCUT2D eigenvalue weighted by atomic mass is 19.1. The summed E-state index contributed by atoms with van der Waals surface area (Å²) in [6, 6.07) is 2.92. The zero-order valence-electron chi connectivity index (χ0n) is 8.04. The summed E-state index contributed by atoms with van der Waals surface area (Å²) in [6.45, 7) is -0.700. The summed E-state index contributed by atoms with van der Waals surface area (Å²) < 4.78 is 22.4. The van der Waals surface area contributed by atoms with Gasteiger partial charge >= 0.3 is 0 Å². The van der Waals surface area contributed by atoms with Gasteiger partial charge in [0.1, 0.15) is 6.67 Å². The maximum atomic E-state index is 12.5. The van der Waals surface area contributed by atoms with Crippen LogP contribution >= 0.6 is 0 Å². The molecular weight excluding hydrogens is 187 g/mol. The van der Waals surface area contributed by atoms with E-state index in [0.717, 1.165) is 0 Å². The monoisotopic (exact) mass is 198 g/mol. The maximum absolute atomic E-state index is 12.5. The third-order valence-corrected chi connectivity index (χ3v) is 1.92. The van der Waals surface area contributed by atoms with Crippen molar-refractivity contribution in [3.63, 3.8) is 0 Å². The van der Waals surface area contributed by atoms with Gasteiger partial charge < -0.3 is 9.47 Å². The SMILES string of the molecule is COc1cc(C=O)c(CF)cc1OC. The Labute approximate surface area is 81.4 Å². The largest absolute Gasteiger partial charge is 0.493 e. The number of hydrogen-bond acceptors (Lipinski definition) is 3. The molecule has 1 aromatic carbocycles. The Morgan fingerprint density at radius 3 is 2.29 bits per heavy atom. The maximum Gasteiger partial charge on any atom is 0.161 e. The van der Waals surface area contributed by atoms with Crippen LogP contribution in [0, 0.1) is 0 Å². The topological polar surface area (TPSA) is 35.5 Å². The van der Waals surface area contributed by atoms with Crippen LogP contribution in [0.3, 0.4) is 0 Å². The van der Waals surface area contributed by atoms with Gasteiger partial charge in [-0.2, -0.15) is 0 Å². The predicted octanol–water partition coefficient (Wildman–Crippen LogP) is 1.99. The number of halogens is 1. The lowest BCUT2D eigenvalue weighted by molar-refractivity contribution is 0.112. The highest BCUT2D eigenvalue weighted by Gasteiger charge is 2.09. The highest BCUT2D eigenvalue weighted by molar-refractivity contribution is 5.79. The van der Waals surface area contributed by atoms with Crippen molar-refractivity contribution in [1.82, 2.24) is 0 Å². The van der Waals surface area contributed by atoms with E-state index >= 15 is 0 Å². The van der Waals surface area contributed by atoms with Gasteiger partial charge in [-0.15, -0.1) is 0 Å². The molecule has 0 heterocycles. The van der Waals surface area contributed by atoms with Gasteiger partial charge in [-0.05, 0) is 17.7 Å². The molecule has 0 aliphatic carbocycles. The van der Waals surface area contributed by atoms with E-state index in [0.29, 0.717) is 23.3 Å². The van der Waals surface area contributed by atoms with Crippen molar-refractivity contribution < 1.29 is 18.7 Å². The van der Waals surface area contributed by atoms with Gasteiger partial charge in [-0.25, -0.2) is 4.39 Å². The summed E-state index contributed by atoms with van der Waals surface area (Å²) in [7, 11) is 2.92. The minimum absolute atomic E-state index is 0.283. The molecule has 0 unspecified atom stereocenters. The van der Waals surface area contributed by atoms with E-state index in [9.17, 15) is 9.18 Å². The zero-order chi connectivity index (χ0) is 10.6. The molecule has 0 aliphatic rings. The fourth-order valence-corrected chi connectivity index (χ4v) is 1.16. The summed E-state index contributed by atoms with van der Waals surface area (Å²) >= 11 is 0. The van der Waals surface area contributed by atoms with Crippen molar-refractivity contribution in [1.29, 1.82) is 0 Å². The van der Waals surface area contributed by atoms with Crippen LogP contribution in [0.5, 0.6) is 11.5 Å². The second-order valence-electron chi connectivity index (χ2n) is 2.66. The van der Waals surface area contributed by atoms with Crippen LogP contribution in [-0.2, 0) is 6.67 Å². The minimum atomic E-state index is -0.700. The lowest BCUT2D eigenvalue weighted by atomic mass is 10.1. The van der Waals surface area contributed by atoms with Gasteiger partial charge in [0, 0.05) is 5.56 Å². The molecule has 0 radical (unpaired) electrons. The van der Waals surface area contributed by atoms with E-state index in [2.05, 4.69) is 0 Å². The summed E-state index contributed by atoms with van der Waals surface area (Å²) in [5, 5.41) is 0. The first-order chi connectivity index (χ1) is 6.76. The number of alkyl halides is 1. The molecular formula is C10H11FO3. The lowest BCUT2D eigenvalue weighted by Crippen LogP contribution is -1.96. The fraction of sp³-hybridized carbons (Fsp3) is 0.300. The summed E-state index contributed by atoms with van der Waals surface area (Å²) in [4.78, 5) is 10.6. The molecule has 0 amide bonds. The average molecular weight is 198 g/mol. The smallest absolute Gasteiger partial charge is 0.161 e. The van der Waals surface area contributed by atoms with E-state index in [4.69, 9.17) is 9.47 Å². The molecule has 0 saturated carbocycles. The first-order valence-electron chi connectivity index (χ1n) is 4.02. The van der Waals surface area contributed by atoms with Gasteiger partial charge in [-0.3, -0.25) is 4.79 Å². The predicted molar refractivity (Wildman–Crippen MR) is 49.7 cm³/mol. The summed E-state index contributed by atoms with van der Waals surface area (Å²) in [5.74, 6) is 0.845. The number of methoxy groups -OCH3 is 2. The molecule has 14 heavy (non-hydrogen) atoms. The average Bonchev–Trinajstić information content (AvgIpc) is 2.26. The van der Waals surface area contributed by atoms with Crippen LogP contribution in [-0.4, -0.2) is 20.5 Å². The quantitative estimate of drug-likeness (QED) is 0.694. The van der Waals surface area contributed by atoms with Crippen molar-refractivity contribution in [3.05, 3.63) is 23.3 Å². The summed E-state index contributed by atoms with van der Waals surface area (Å²) in [6.07, 6.45) is 0.594. The number of rotatable bonds is 4. The molecule has 0 aromatic heterocycles. The Morgan fingerprint density at radius 2 is 1.86 bits per heavy atom. The number of ether oxygens (including phenoxy) is 2. The summed E-state index contributed by atoms with van der Waals surface area (Å²) in [5.41, 5.74) is 0.586. The minimum Gasteiger partial charge on any atom is -0.493 e. The van der Waals surface area contributed by atoms with Crippen LogP contribution < -0.4 is 9.47 Å². The molecule has 0 atom stereocenters. The van der Waals surface area contributed by atoms with Gasteiger partial charge in [0.05, 0.1) is 14.2 Å². The number of carbonyl (C=O) groups is 1. The Bertz CT molecular complexity index is 336. The third-order valence-electron chi connectivity index (χ3n) is 1.92. The van der Waals surface area contributed by atoms with E-state index in [-0.39, 0.29) is 5.56 Å². The second kappa shape index (κ2) is 4.60. The van der Waals surface area contributed by atoms with Gasteiger partial charge in [0.25, 0.3) is 0 Å². The van der Waals surface area contributed by atoms with Crippen molar-refractivity contribution in [2.45, 2.75) is 6.67 Å². The highest BCUT2D eigenvalue weighted by Crippen LogP contribution is 2.30. The van der Waals surface area contributed by atoms with Crippen LogP contribution in [0.1, 0.15) is 15.9 Å². The molecule has 1 aromatic rings. The van der Waals surface area contributed by atoms with E-state index < -0.39 is 6.67 Å². The number of carbonyl (C=O) groups excluding carboxylic acids is 1. The normalized spacial score (nSPS) is 9.64. The van der Waals surface area contributed by atoms with Crippen molar-refractivity contribution in [2.24, 2.45) is 0 Å². The van der Waals surface area contributed by atoms with Crippen LogP contribution in [0.4, 0.5) is 4.39 Å². The van der Waals surface area contributed by atoms with Crippen molar-refractivity contribution in [2.75, 3.05) is 14.2 Å². The van der Waals surface area contributed by atoms with Gasteiger partial charge in [0.2, 0.25) is 0 Å². The van der Waals surface area contributed by atoms with E-state index in [1.165, 1.54) is 26.4 Å². The Kier molecular flexibility index (Phi) is 3.45. The molecule has 0 saturated heterocycles. The van der Waals surface area contributed by atoms with E-state index in [1.54, 1.807) is 0 Å². The van der Waals surface area contributed by atoms with E-state index in [1.807, 2.05) is 0 Å². The second-order valence-corrected chi connectivity index (χ2v) is 2.66. The third kappa shape index (κ3) is 1.84. The van der Waals surface area contributed by atoms with Crippen LogP contribution in [0.25, 0.3) is 0 Å². The first kappa shape index (κ1) is 10.5. The molecule has 0 bridgehead atoms. The lowest BCUT2D eigenvalue weighted by Gasteiger charge is -2.09. The zero-order valence-corrected chi connectivity index (χ0v) is 8.04. The van der Waals surface area contributed by atoms with Gasteiger partial charge in [0.15, 0.2) is 17.8 Å². The molecule has 0 fully saturated rings. The molecule has 3 nitrogen and oxygen atoms in total. The Balaban J connectivity index is 3.27. The molecule has 76 valence electrons. The molecule has 1 rings (SSSR count). The van der Waals surface area contributed by atoms with Crippen LogP contribution in [0.15, 0.2) is 12.1 Å². The van der Waals surface area contributed by atoms with Crippen molar-refractivity contribution in [3.8, 4) is 11.5 Å². The van der Waals surface area contributed by atoms with Crippen molar-refractivity contribution >= 4 is 6.29 Å². The fourth-order valence-electron chi connectivity index (χ4n) is 1.16. The molecule has 0 spiro atoms. The first-order valence-corrected chi connectivity index (χ1v) is 4.02. The molecule has 0 aliphatic heterocycles.